The molecule has 0 saturated heterocycles. The summed E-state index contributed by atoms with van der Waals surface area (Å²) in [5.41, 5.74) is 5.85. The number of halogens is 2. The van der Waals surface area contributed by atoms with Gasteiger partial charge in [0.2, 0.25) is 0 Å². The van der Waals surface area contributed by atoms with E-state index in [9.17, 15) is 13.6 Å². The van der Waals surface area contributed by atoms with E-state index in [1.165, 1.54) is 0 Å². The van der Waals surface area contributed by atoms with Gasteiger partial charge in [-0.3, -0.25) is 4.79 Å². The Morgan fingerprint density at radius 3 is 2.44 bits per heavy atom. The van der Waals surface area contributed by atoms with E-state index in [2.05, 4.69) is 4.74 Å². The van der Waals surface area contributed by atoms with Crippen LogP contribution < -0.4 is 5.73 Å². The lowest BCUT2D eigenvalue weighted by Crippen LogP contribution is -2.34. The van der Waals surface area contributed by atoms with Crippen LogP contribution in [-0.2, 0) is 16.0 Å². The lowest BCUT2D eigenvalue weighted by atomic mass is 10.1. The number of benzene rings is 1. The van der Waals surface area contributed by atoms with E-state index < -0.39 is 23.6 Å². The van der Waals surface area contributed by atoms with Crippen molar-refractivity contribution >= 4 is 5.97 Å². The van der Waals surface area contributed by atoms with Crippen LogP contribution in [0.15, 0.2) is 18.2 Å². The summed E-state index contributed by atoms with van der Waals surface area (Å²) in [6.07, 6.45) is 0.0491. The van der Waals surface area contributed by atoms with Crippen molar-refractivity contribution in [1.82, 2.24) is 0 Å². The minimum Gasteiger partial charge on any atom is -0.465 e. The first-order valence-electron chi connectivity index (χ1n) is 4.90. The van der Waals surface area contributed by atoms with Crippen LogP contribution in [-0.4, -0.2) is 18.6 Å². The van der Waals surface area contributed by atoms with Gasteiger partial charge in [-0.25, -0.2) is 8.78 Å². The molecule has 0 fully saturated rings. The molecule has 0 heterocycles. The van der Waals surface area contributed by atoms with Crippen LogP contribution in [0.4, 0.5) is 8.78 Å². The highest BCUT2D eigenvalue weighted by Gasteiger charge is 2.15. The summed E-state index contributed by atoms with van der Waals surface area (Å²) in [6, 6.07) is 2.14. The van der Waals surface area contributed by atoms with Gasteiger partial charge in [0.25, 0.3) is 0 Å². The van der Waals surface area contributed by atoms with Crippen molar-refractivity contribution in [2.45, 2.75) is 19.4 Å². The maximum atomic E-state index is 12.8. The first kappa shape index (κ1) is 12.6. The number of esters is 1. The second kappa shape index (κ2) is 5.55. The van der Waals surface area contributed by atoms with Crippen LogP contribution in [0.25, 0.3) is 0 Å². The third-order valence-corrected chi connectivity index (χ3v) is 1.97. The molecule has 88 valence electrons. The van der Waals surface area contributed by atoms with Gasteiger partial charge in [0.15, 0.2) is 0 Å². The highest BCUT2D eigenvalue weighted by atomic mass is 19.1. The Bertz CT molecular complexity index is 362. The van der Waals surface area contributed by atoms with Crippen molar-refractivity contribution in [1.29, 1.82) is 0 Å². The van der Waals surface area contributed by atoms with Gasteiger partial charge in [-0.1, -0.05) is 0 Å². The molecule has 1 atom stereocenters. The lowest BCUT2D eigenvalue weighted by molar-refractivity contribution is -0.144. The third kappa shape index (κ3) is 3.58. The monoisotopic (exact) mass is 229 g/mol. The van der Waals surface area contributed by atoms with Crippen molar-refractivity contribution in [3.8, 4) is 0 Å². The Labute approximate surface area is 92.2 Å². The zero-order valence-electron chi connectivity index (χ0n) is 8.87. The molecular formula is C11H13F2NO2. The molecule has 1 aromatic carbocycles. The van der Waals surface area contributed by atoms with E-state index >= 15 is 0 Å². The fourth-order valence-corrected chi connectivity index (χ4v) is 1.32. The van der Waals surface area contributed by atoms with Crippen molar-refractivity contribution in [3.63, 3.8) is 0 Å². The molecule has 0 aliphatic carbocycles. The summed E-state index contributed by atoms with van der Waals surface area (Å²) in [7, 11) is 0. The van der Waals surface area contributed by atoms with Gasteiger partial charge in [0.05, 0.1) is 6.61 Å². The van der Waals surface area contributed by atoms with E-state index in [0.717, 1.165) is 18.2 Å². The largest absolute Gasteiger partial charge is 0.465 e. The van der Waals surface area contributed by atoms with Gasteiger partial charge in [0.1, 0.15) is 17.7 Å². The molecule has 0 bridgehead atoms. The first-order chi connectivity index (χ1) is 7.52. The Morgan fingerprint density at radius 2 is 1.94 bits per heavy atom. The number of carbonyl (C=O) groups excluding carboxylic acids is 1. The predicted octanol–water partition coefficient (Wildman–Crippen LogP) is 1.40. The summed E-state index contributed by atoms with van der Waals surface area (Å²) in [4.78, 5) is 11.2. The van der Waals surface area contributed by atoms with Crippen LogP contribution in [0.5, 0.6) is 0 Å². The van der Waals surface area contributed by atoms with E-state index in [1.807, 2.05) is 0 Å². The highest BCUT2D eigenvalue weighted by Crippen LogP contribution is 2.10. The number of hydrogen-bond donors (Lipinski definition) is 1. The van der Waals surface area contributed by atoms with Crippen LogP contribution in [0.1, 0.15) is 12.5 Å². The Morgan fingerprint density at radius 1 is 1.38 bits per heavy atom. The second-order valence-corrected chi connectivity index (χ2v) is 3.34. The number of nitrogens with two attached hydrogens (primary N) is 1. The van der Waals surface area contributed by atoms with E-state index in [4.69, 9.17) is 5.73 Å². The van der Waals surface area contributed by atoms with Crippen LogP contribution in [0.2, 0.25) is 0 Å². The normalized spacial score (nSPS) is 12.2. The average Bonchev–Trinajstić information content (AvgIpc) is 2.16. The molecule has 1 rings (SSSR count). The third-order valence-electron chi connectivity index (χ3n) is 1.97. The van der Waals surface area contributed by atoms with Gasteiger partial charge in [-0.2, -0.15) is 0 Å². The molecule has 2 N–H and O–H groups in total. The molecule has 0 saturated carbocycles. The molecule has 1 unspecified atom stereocenters. The van der Waals surface area contributed by atoms with E-state index in [-0.39, 0.29) is 13.0 Å². The standard InChI is InChI=1S/C11H13F2NO2/c1-2-16-11(15)10(14)5-7-3-8(12)6-9(13)4-7/h3-4,6,10H,2,5,14H2,1H3. The maximum absolute atomic E-state index is 12.8. The Balaban J connectivity index is 2.69. The van der Waals surface area contributed by atoms with Crippen LogP contribution >= 0.6 is 0 Å². The Hall–Kier alpha value is -1.49. The molecule has 1 aromatic rings. The summed E-state index contributed by atoms with van der Waals surface area (Å²) in [6.45, 7) is 1.89. The maximum Gasteiger partial charge on any atom is 0.323 e. The zero-order valence-corrected chi connectivity index (χ0v) is 8.87. The van der Waals surface area contributed by atoms with E-state index in [1.54, 1.807) is 6.92 Å². The highest BCUT2D eigenvalue weighted by molar-refractivity contribution is 5.75. The smallest absolute Gasteiger partial charge is 0.323 e. The number of carbonyl (C=O) groups is 1. The van der Waals surface area contributed by atoms with E-state index in [0.29, 0.717) is 5.56 Å². The lowest BCUT2D eigenvalue weighted by Gasteiger charge is -2.10. The molecular weight excluding hydrogens is 216 g/mol. The fraction of sp³-hybridized carbons (Fsp3) is 0.364. The molecule has 5 heteroatoms. The topological polar surface area (TPSA) is 52.3 Å². The zero-order chi connectivity index (χ0) is 12.1. The summed E-state index contributed by atoms with van der Waals surface area (Å²) in [5, 5.41) is 0. The molecule has 0 radical (unpaired) electrons. The molecule has 0 aliphatic rings. The first-order valence-corrected chi connectivity index (χ1v) is 4.90. The van der Waals surface area contributed by atoms with Gasteiger partial charge < -0.3 is 10.5 Å². The SMILES string of the molecule is CCOC(=O)C(N)Cc1cc(F)cc(F)c1. The summed E-state index contributed by atoms with van der Waals surface area (Å²) >= 11 is 0. The quantitative estimate of drug-likeness (QED) is 0.794. The van der Waals surface area contributed by atoms with Crippen LogP contribution in [0, 0.1) is 11.6 Å². The number of hydrogen-bond acceptors (Lipinski definition) is 3. The molecule has 0 spiro atoms. The molecule has 0 aliphatic heterocycles. The van der Waals surface area contributed by atoms with Crippen molar-refractivity contribution in [2.75, 3.05) is 6.61 Å². The molecule has 16 heavy (non-hydrogen) atoms. The van der Waals surface area contributed by atoms with Gasteiger partial charge in [-0.15, -0.1) is 0 Å². The fourth-order valence-electron chi connectivity index (χ4n) is 1.32. The number of rotatable bonds is 4. The van der Waals surface area contributed by atoms with Crippen molar-refractivity contribution in [3.05, 3.63) is 35.4 Å². The van der Waals surface area contributed by atoms with Gasteiger partial charge >= 0.3 is 5.97 Å². The summed E-state index contributed by atoms with van der Waals surface area (Å²) < 4.78 is 30.3. The van der Waals surface area contributed by atoms with Gasteiger partial charge in [0, 0.05) is 6.07 Å². The van der Waals surface area contributed by atoms with Crippen molar-refractivity contribution in [2.24, 2.45) is 5.73 Å². The predicted molar refractivity (Wildman–Crippen MR) is 54.7 cm³/mol. The van der Waals surface area contributed by atoms with Gasteiger partial charge in [-0.05, 0) is 31.0 Å². The average molecular weight is 229 g/mol. The Kier molecular flexibility index (Phi) is 4.37. The molecule has 0 amide bonds. The minimum absolute atomic E-state index is 0.0491. The molecule has 3 nitrogen and oxygen atoms in total. The molecule has 0 aromatic heterocycles. The minimum atomic E-state index is -0.902. The second-order valence-electron chi connectivity index (χ2n) is 3.34. The number of ether oxygens (including phenoxy) is 1. The van der Waals surface area contributed by atoms with Crippen LogP contribution in [0.3, 0.4) is 0 Å². The summed E-state index contributed by atoms with van der Waals surface area (Å²) in [5.74, 6) is -1.95. The van der Waals surface area contributed by atoms with Crippen molar-refractivity contribution < 1.29 is 18.3 Å².